The highest BCUT2D eigenvalue weighted by atomic mass is 35.5. The molecule has 140 valence electrons. The Bertz CT molecular complexity index is 920. The Kier molecular flexibility index (Phi) is 4.63. The highest BCUT2D eigenvalue weighted by Gasteiger charge is 2.40. The van der Waals surface area contributed by atoms with E-state index >= 15 is 0 Å². The zero-order chi connectivity index (χ0) is 18.4. The second-order valence-corrected chi connectivity index (χ2v) is 8.86. The Labute approximate surface area is 169 Å². The van der Waals surface area contributed by atoms with Gasteiger partial charge in [-0.15, -0.1) is 0 Å². The number of fused-ring (bicyclic) bond motifs is 3. The molecule has 2 aliphatic heterocycles. The molecule has 0 saturated carbocycles. The van der Waals surface area contributed by atoms with Gasteiger partial charge in [0.2, 0.25) is 0 Å². The average molecular weight is 400 g/mol. The molecular weight excluding hydrogens is 377 g/mol. The van der Waals surface area contributed by atoms with Crippen molar-refractivity contribution in [2.75, 3.05) is 0 Å². The van der Waals surface area contributed by atoms with Crippen molar-refractivity contribution in [2.24, 2.45) is 5.92 Å². The van der Waals surface area contributed by atoms with E-state index in [0.29, 0.717) is 22.1 Å². The number of aromatic amines is 1. The fraction of sp³-hybridized carbons (Fsp3) is 0.409. The smallest absolute Gasteiger partial charge is 0.121 e. The number of benzene rings is 2. The molecule has 1 N–H and O–H groups in total. The minimum Gasteiger partial charge on any atom is -0.341 e. The van der Waals surface area contributed by atoms with Crippen molar-refractivity contribution in [2.45, 2.75) is 50.7 Å². The Morgan fingerprint density at radius 2 is 1.78 bits per heavy atom. The molecule has 2 aromatic carbocycles. The molecule has 5 heteroatoms. The maximum absolute atomic E-state index is 6.20. The molecule has 2 atom stereocenters. The molecule has 3 aromatic rings. The summed E-state index contributed by atoms with van der Waals surface area (Å²) in [5.74, 6) is 1.82. The summed E-state index contributed by atoms with van der Waals surface area (Å²) < 4.78 is 0. The lowest BCUT2D eigenvalue weighted by molar-refractivity contribution is 0.0937. The number of imidazole rings is 1. The van der Waals surface area contributed by atoms with E-state index < -0.39 is 0 Å². The third-order valence-electron chi connectivity index (χ3n) is 6.26. The molecular formula is C22H23Cl2N3. The van der Waals surface area contributed by atoms with Crippen LogP contribution >= 0.6 is 23.2 Å². The highest BCUT2D eigenvalue weighted by Crippen LogP contribution is 2.41. The number of nitrogens with zero attached hydrogens (tertiary/aromatic N) is 2. The first-order chi connectivity index (χ1) is 13.2. The van der Waals surface area contributed by atoms with Gasteiger partial charge in [-0.25, -0.2) is 4.98 Å². The van der Waals surface area contributed by atoms with Crippen molar-refractivity contribution in [3.63, 3.8) is 0 Å². The van der Waals surface area contributed by atoms with E-state index in [1.807, 2.05) is 18.2 Å². The van der Waals surface area contributed by atoms with Crippen molar-refractivity contribution >= 4 is 34.2 Å². The summed E-state index contributed by atoms with van der Waals surface area (Å²) in [4.78, 5) is 11.0. The molecule has 2 bridgehead atoms. The summed E-state index contributed by atoms with van der Waals surface area (Å²) in [6, 6.07) is 15.7. The van der Waals surface area contributed by atoms with Crippen molar-refractivity contribution in [3.8, 4) is 0 Å². The predicted molar refractivity (Wildman–Crippen MR) is 111 cm³/mol. The van der Waals surface area contributed by atoms with Gasteiger partial charge in [0.25, 0.3) is 0 Å². The third-order valence-corrected chi connectivity index (χ3v) is 7.00. The van der Waals surface area contributed by atoms with Crippen LogP contribution < -0.4 is 0 Å². The summed E-state index contributed by atoms with van der Waals surface area (Å²) in [5.41, 5.74) is 3.50. The number of hydrogen-bond donors (Lipinski definition) is 1. The molecule has 3 heterocycles. The van der Waals surface area contributed by atoms with E-state index in [0.717, 1.165) is 35.7 Å². The van der Waals surface area contributed by atoms with Crippen molar-refractivity contribution in [1.82, 2.24) is 14.9 Å². The predicted octanol–water partition coefficient (Wildman–Crippen LogP) is 5.86. The lowest BCUT2D eigenvalue weighted by Crippen LogP contribution is -2.42. The quantitative estimate of drug-likeness (QED) is 0.595. The van der Waals surface area contributed by atoms with E-state index in [-0.39, 0.29) is 0 Å². The van der Waals surface area contributed by atoms with Crippen molar-refractivity contribution in [3.05, 3.63) is 63.9 Å². The maximum Gasteiger partial charge on any atom is 0.121 e. The number of halogens is 2. The summed E-state index contributed by atoms with van der Waals surface area (Å²) >= 11 is 12.3. The molecule has 2 unspecified atom stereocenters. The second-order valence-electron chi connectivity index (χ2n) is 8.05. The van der Waals surface area contributed by atoms with Gasteiger partial charge >= 0.3 is 0 Å². The van der Waals surface area contributed by atoms with Crippen LogP contribution in [0.1, 0.15) is 37.1 Å². The van der Waals surface area contributed by atoms with Gasteiger partial charge in [0.15, 0.2) is 0 Å². The number of hydrogen-bond acceptors (Lipinski definition) is 2. The Morgan fingerprint density at radius 1 is 1.00 bits per heavy atom. The normalized spacial score (nSPS) is 25.3. The first kappa shape index (κ1) is 17.5. The third kappa shape index (κ3) is 3.49. The minimum absolute atomic E-state index is 0.640. The van der Waals surface area contributed by atoms with Crippen molar-refractivity contribution in [1.29, 1.82) is 0 Å². The standard InChI is InChI=1S/C22H23Cl2N3/c23-18-8-5-14(12-19(18)24)9-15-10-16-6-7-17(11-15)27(16)13-22-25-20-3-1-2-4-21(20)26-22/h1-5,8,12,15-17H,6-7,9-11,13H2,(H,25,26). The Morgan fingerprint density at radius 3 is 2.52 bits per heavy atom. The molecule has 3 nitrogen and oxygen atoms in total. The average Bonchev–Trinajstić information content (AvgIpc) is 3.16. The van der Waals surface area contributed by atoms with Crippen molar-refractivity contribution < 1.29 is 0 Å². The van der Waals surface area contributed by atoms with Crippen LogP contribution in [-0.4, -0.2) is 27.0 Å². The summed E-state index contributed by atoms with van der Waals surface area (Å²) in [6.07, 6.45) is 6.24. The van der Waals surface area contributed by atoms with E-state index in [1.54, 1.807) is 0 Å². The number of aromatic nitrogens is 2. The zero-order valence-electron chi connectivity index (χ0n) is 15.2. The van der Waals surface area contributed by atoms with Crippen LogP contribution in [-0.2, 0) is 13.0 Å². The molecule has 2 saturated heterocycles. The first-order valence-electron chi connectivity index (χ1n) is 9.79. The van der Waals surface area contributed by atoms with Crippen LogP contribution in [0.3, 0.4) is 0 Å². The van der Waals surface area contributed by atoms with E-state index in [9.17, 15) is 0 Å². The van der Waals surface area contributed by atoms with Gasteiger partial charge in [-0.3, -0.25) is 4.90 Å². The molecule has 0 radical (unpaired) electrons. The van der Waals surface area contributed by atoms with Gasteiger partial charge in [0.05, 0.1) is 27.6 Å². The lowest BCUT2D eigenvalue weighted by atomic mass is 9.86. The number of nitrogens with one attached hydrogen (secondary N) is 1. The fourth-order valence-electron chi connectivity index (χ4n) is 5.07. The largest absolute Gasteiger partial charge is 0.341 e. The SMILES string of the molecule is Clc1ccc(CC2CC3CCC(C2)N3Cc2nc3ccccc3[nH]2)cc1Cl. The number of H-pyrrole nitrogens is 1. The van der Waals surface area contributed by atoms with Crippen LogP contribution in [0.5, 0.6) is 0 Å². The molecule has 0 spiro atoms. The van der Waals surface area contributed by atoms with E-state index in [2.05, 4.69) is 34.1 Å². The van der Waals surface area contributed by atoms with Crippen LogP contribution in [0, 0.1) is 5.92 Å². The molecule has 0 amide bonds. The van der Waals surface area contributed by atoms with Crippen LogP contribution in [0.2, 0.25) is 10.0 Å². The van der Waals surface area contributed by atoms with Gasteiger partial charge in [0, 0.05) is 12.1 Å². The molecule has 1 aromatic heterocycles. The number of rotatable bonds is 4. The monoisotopic (exact) mass is 399 g/mol. The maximum atomic E-state index is 6.20. The molecule has 0 aliphatic carbocycles. The summed E-state index contributed by atoms with van der Waals surface area (Å²) in [7, 11) is 0. The van der Waals surface area contributed by atoms with Gasteiger partial charge in [-0.1, -0.05) is 41.4 Å². The second kappa shape index (κ2) is 7.12. The summed E-state index contributed by atoms with van der Waals surface area (Å²) in [6.45, 7) is 0.934. The minimum atomic E-state index is 0.640. The van der Waals surface area contributed by atoms with E-state index in [4.69, 9.17) is 28.2 Å². The molecule has 2 aliphatic rings. The first-order valence-corrected chi connectivity index (χ1v) is 10.5. The van der Waals surface area contributed by atoms with E-state index in [1.165, 1.54) is 31.2 Å². The fourth-order valence-corrected chi connectivity index (χ4v) is 5.39. The van der Waals surface area contributed by atoms with Crippen LogP contribution in [0.25, 0.3) is 11.0 Å². The molecule has 2 fully saturated rings. The number of piperidine rings is 1. The van der Waals surface area contributed by atoms with Gasteiger partial charge in [-0.05, 0) is 67.9 Å². The molecule has 27 heavy (non-hydrogen) atoms. The van der Waals surface area contributed by atoms with Gasteiger partial charge in [0.1, 0.15) is 5.82 Å². The Balaban J connectivity index is 1.27. The molecule has 5 rings (SSSR count). The van der Waals surface area contributed by atoms with Crippen LogP contribution in [0.15, 0.2) is 42.5 Å². The lowest BCUT2D eigenvalue weighted by Gasteiger charge is -2.38. The number of para-hydroxylation sites is 2. The zero-order valence-corrected chi connectivity index (χ0v) is 16.7. The van der Waals surface area contributed by atoms with Gasteiger partial charge < -0.3 is 4.98 Å². The van der Waals surface area contributed by atoms with Gasteiger partial charge in [-0.2, -0.15) is 0 Å². The van der Waals surface area contributed by atoms with Crippen LogP contribution in [0.4, 0.5) is 0 Å². The Hall–Kier alpha value is -1.55. The summed E-state index contributed by atoms with van der Waals surface area (Å²) in [5, 5.41) is 1.31. The highest BCUT2D eigenvalue weighted by molar-refractivity contribution is 6.42. The topological polar surface area (TPSA) is 31.9 Å².